The van der Waals surface area contributed by atoms with Gasteiger partial charge in [-0.05, 0) is 31.8 Å². The fraction of sp³-hybridized carbons (Fsp3) is 0.900. The summed E-state index contributed by atoms with van der Waals surface area (Å²) in [5.41, 5.74) is 0. The van der Waals surface area contributed by atoms with E-state index in [1.807, 2.05) is 6.92 Å². The van der Waals surface area contributed by atoms with E-state index in [9.17, 15) is 0 Å². The molecule has 0 aromatic carbocycles. The molecule has 3 heteroatoms. The standard InChI is InChI=1S/C10H17N3/c1-8(2-11)5-13-6-9-3-12-4-10(9)7-13/h8-10,12H,3-7H2,1H3. The molecule has 2 fully saturated rings. The van der Waals surface area contributed by atoms with Gasteiger partial charge in [-0.3, -0.25) is 0 Å². The third kappa shape index (κ3) is 1.84. The molecule has 1 N–H and O–H groups in total. The zero-order chi connectivity index (χ0) is 9.26. The lowest BCUT2D eigenvalue weighted by molar-refractivity contribution is 0.292. The van der Waals surface area contributed by atoms with Crippen LogP contribution in [0.2, 0.25) is 0 Å². The molecule has 72 valence electrons. The van der Waals surface area contributed by atoms with Gasteiger partial charge < -0.3 is 10.2 Å². The maximum Gasteiger partial charge on any atom is 0.0666 e. The van der Waals surface area contributed by atoms with Crippen molar-refractivity contribution in [3.63, 3.8) is 0 Å². The van der Waals surface area contributed by atoms with Crippen molar-refractivity contribution < 1.29 is 0 Å². The summed E-state index contributed by atoms with van der Waals surface area (Å²) in [6.07, 6.45) is 0. The Bertz CT molecular complexity index is 209. The Labute approximate surface area is 79.7 Å². The largest absolute Gasteiger partial charge is 0.316 e. The van der Waals surface area contributed by atoms with E-state index >= 15 is 0 Å². The van der Waals surface area contributed by atoms with E-state index in [-0.39, 0.29) is 5.92 Å². The second kappa shape index (κ2) is 3.65. The van der Waals surface area contributed by atoms with Gasteiger partial charge in [0.1, 0.15) is 0 Å². The molecule has 3 nitrogen and oxygen atoms in total. The monoisotopic (exact) mass is 179 g/mol. The number of nitriles is 1. The van der Waals surface area contributed by atoms with E-state index in [0.29, 0.717) is 0 Å². The van der Waals surface area contributed by atoms with Gasteiger partial charge in [-0.1, -0.05) is 0 Å². The molecule has 0 bridgehead atoms. The molecule has 2 aliphatic heterocycles. The first-order chi connectivity index (χ1) is 6.29. The van der Waals surface area contributed by atoms with Gasteiger partial charge in [0.05, 0.1) is 12.0 Å². The number of nitrogens with one attached hydrogen (secondary N) is 1. The van der Waals surface area contributed by atoms with Crippen LogP contribution in [-0.4, -0.2) is 37.6 Å². The zero-order valence-corrected chi connectivity index (χ0v) is 8.16. The molecular formula is C10H17N3. The zero-order valence-electron chi connectivity index (χ0n) is 8.16. The summed E-state index contributed by atoms with van der Waals surface area (Å²) in [6.45, 7) is 7.73. The molecule has 0 aliphatic carbocycles. The van der Waals surface area contributed by atoms with E-state index in [4.69, 9.17) is 5.26 Å². The van der Waals surface area contributed by atoms with Crippen LogP contribution < -0.4 is 5.32 Å². The Morgan fingerprint density at radius 3 is 2.62 bits per heavy atom. The molecule has 13 heavy (non-hydrogen) atoms. The Hall–Kier alpha value is -0.590. The predicted octanol–water partition coefficient (Wildman–Crippen LogP) is 0.297. The van der Waals surface area contributed by atoms with E-state index < -0.39 is 0 Å². The first-order valence-corrected chi connectivity index (χ1v) is 5.12. The average Bonchev–Trinajstić information content (AvgIpc) is 2.63. The van der Waals surface area contributed by atoms with Crippen molar-refractivity contribution in [1.82, 2.24) is 10.2 Å². The Morgan fingerprint density at radius 2 is 2.08 bits per heavy atom. The minimum Gasteiger partial charge on any atom is -0.316 e. The van der Waals surface area contributed by atoms with Crippen LogP contribution in [0, 0.1) is 29.1 Å². The Balaban J connectivity index is 1.82. The summed E-state index contributed by atoms with van der Waals surface area (Å²) < 4.78 is 0. The molecule has 3 unspecified atom stereocenters. The minimum absolute atomic E-state index is 0.187. The maximum atomic E-state index is 8.71. The maximum absolute atomic E-state index is 8.71. The van der Waals surface area contributed by atoms with E-state index in [1.165, 1.54) is 26.2 Å². The first kappa shape index (κ1) is 8.98. The van der Waals surface area contributed by atoms with Crippen LogP contribution in [0.4, 0.5) is 0 Å². The van der Waals surface area contributed by atoms with Crippen LogP contribution in [0.25, 0.3) is 0 Å². The quantitative estimate of drug-likeness (QED) is 0.662. The summed E-state index contributed by atoms with van der Waals surface area (Å²) in [6, 6.07) is 2.30. The van der Waals surface area contributed by atoms with Crippen molar-refractivity contribution in [2.75, 3.05) is 32.7 Å². The van der Waals surface area contributed by atoms with Gasteiger partial charge in [0, 0.05) is 19.6 Å². The lowest BCUT2D eigenvalue weighted by Gasteiger charge is -2.17. The molecule has 0 aromatic rings. The van der Waals surface area contributed by atoms with E-state index in [1.54, 1.807) is 0 Å². The van der Waals surface area contributed by atoms with Crippen molar-refractivity contribution >= 4 is 0 Å². The number of nitrogens with zero attached hydrogens (tertiary/aromatic N) is 2. The van der Waals surface area contributed by atoms with Crippen LogP contribution >= 0.6 is 0 Å². The first-order valence-electron chi connectivity index (χ1n) is 5.12. The van der Waals surface area contributed by atoms with Crippen molar-refractivity contribution in [2.24, 2.45) is 17.8 Å². The van der Waals surface area contributed by atoms with Gasteiger partial charge in [0.25, 0.3) is 0 Å². The molecule has 2 heterocycles. The van der Waals surface area contributed by atoms with Gasteiger partial charge in [-0.2, -0.15) is 5.26 Å². The van der Waals surface area contributed by atoms with Crippen LogP contribution in [0.5, 0.6) is 0 Å². The summed E-state index contributed by atoms with van der Waals surface area (Å²) in [7, 11) is 0. The van der Waals surface area contributed by atoms with Crippen LogP contribution in [0.3, 0.4) is 0 Å². The molecule has 3 atom stereocenters. The van der Waals surface area contributed by atoms with Crippen LogP contribution in [0.15, 0.2) is 0 Å². The Morgan fingerprint density at radius 1 is 1.46 bits per heavy atom. The number of fused-ring (bicyclic) bond motifs is 1. The highest BCUT2D eigenvalue weighted by atomic mass is 15.2. The molecule has 0 spiro atoms. The molecule has 0 amide bonds. The average molecular weight is 179 g/mol. The van der Waals surface area contributed by atoms with Crippen molar-refractivity contribution in [1.29, 1.82) is 5.26 Å². The number of rotatable bonds is 2. The normalized spacial score (nSPS) is 35.7. The second-order valence-electron chi connectivity index (χ2n) is 4.43. The summed E-state index contributed by atoms with van der Waals surface area (Å²) in [5, 5.41) is 12.1. The van der Waals surface area contributed by atoms with E-state index in [0.717, 1.165) is 18.4 Å². The van der Waals surface area contributed by atoms with Gasteiger partial charge in [-0.25, -0.2) is 0 Å². The minimum atomic E-state index is 0.187. The van der Waals surface area contributed by atoms with E-state index in [2.05, 4.69) is 16.3 Å². The predicted molar refractivity (Wildman–Crippen MR) is 51.1 cm³/mol. The second-order valence-corrected chi connectivity index (χ2v) is 4.43. The fourth-order valence-corrected chi connectivity index (χ4v) is 2.53. The van der Waals surface area contributed by atoms with Crippen molar-refractivity contribution in [2.45, 2.75) is 6.92 Å². The Kier molecular flexibility index (Phi) is 2.52. The lowest BCUT2D eigenvalue weighted by atomic mass is 10.0. The van der Waals surface area contributed by atoms with Crippen molar-refractivity contribution in [3.8, 4) is 6.07 Å². The molecular weight excluding hydrogens is 162 g/mol. The molecule has 2 rings (SSSR count). The highest BCUT2D eigenvalue weighted by Crippen LogP contribution is 2.26. The third-order valence-corrected chi connectivity index (χ3v) is 3.22. The number of hydrogen-bond donors (Lipinski definition) is 1. The van der Waals surface area contributed by atoms with Gasteiger partial charge in [-0.15, -0.1) is 0 Å². The van der Waals surface area contributed by atoms with Crippen LogP contribution in [-0.2, 0) is 0 Å². The molecule has 0 aromatic heterocycles. The topological polar surface area (TPSA) is 39.1 Å². The highest BCUT2D eigenvalue weighted by Gasteiger charge is 2.36. The summed E-state index contributed by atoms with van der Waals surface area (Å²) in [5.74, 6) is 1.89. The van der Waals surface area contributed by atoms with Gasteiger partial charge in [0.2, 0.25) is 0 Å². The molecule has 2 saturated heterocycles. The highest BCUT2D eigenvalue weighted by molar-refractivity contribution is 4.93. The lowest BCUT2D eigenvalue weighted by Crippen LogP contribution is -2.29. The van der Waals surface area contributed by atoms with Crippen molar-refractivity contribution in [3.05, 3.63) is 0 Å². The molecule has 2 aliphatic rings. The summed E-state index contributed by atoms with van der Waals surface area (Å²) >= 11 is 0. The van der Waals surface area contributed by atoms with Crippen LogP contribution in [0.1, 0.15) is 6.92 Å². The number of likely N-dealkylation sites (tertiary alicyclic amines) is 1. The molecule has 0 saturated carbocycles. The summed E-state index contributed by atoms with van der Waals surface area (Å²) in [4.78, 5) is 2.45. The van der Waals surface area contributed by atoms with Gasteiger partial charge in [0.15, 0.2) is 0 Å². The number of hydrogen-bond acceptors (Lipinski definition) is 3. The smallest absolute Gasteiger partial charge is 0.0666 e. The fourth-order valence-electron chi connectivity index (χ4n) is 2.53. The third-order valence-electron chi connectivity index (χ3n) is 3.22. The van der Waals surface area contributed by atoms with Gasteiger partial charge >= 0.3 is 0 Å². The molecule has 0 radical (unpaired) electrons. The SMILES string of the molecule is CC(C#N)CN1CC2CNCC2C1.